The van der Waals surface area contributed by atoms with Gasteiger partial charge in [0, 0.05) is 12.6 Å². The second-order valence-electron chi connectivity index (χ2n) is 4.70. The topological polar surface area (TPSA) is 58.4 Å². The summed E-state index contributed by atoms with van der Waals surface area (Å²) in [7, 11) is 0. The third-order valence-electron chi connectivity index (χ3n) is 2.98. The minimum atomic E-state index is -0.229. The molecule has 4 heteroatoms. The van der Waals surface area contributed by atoms with Crippen molar-refractivity contribution in [2.45, 2.75) is 32.7 Å². The van der Waals surface area contributed by atoms with Crippen molar-refractivity contribution in [1.82, 2.24) is 10.2 Å². The maximum atomic E-state index is 10.9. The first-order chi connectivity index (χ1) is 7.09. The zero-order chi connectivity index (χ0) is 11.3. The molecule has 1 fully saturated rings. The number of piperidine rings is 1. The molecule has 1 heterocycles. The fraction of sp³-hybridized carbons (Fsp3) is 0.909. The van der Waals surface area contributed by atoms with Crippen LogP contribution in [0.1, 0.15) is 26.7 Å². The molecule has 0 spiro atoms. The number of hydrogen-bond acceptors (Lipinski definition) is 3. The van der Waals surface area contributed by atoms with Crippen LogP contribution >= 0.6 is 0 Å². The lowest BCUT2D eigenvalue weighted by Crippen LogP contribution is -2.44. The molecule has 1 amide bonds. The van der Waals surface area contributed by atoms with Gasteiger partial charge >= 0.3 is 0 Å². The van der Waals surface area contributed by atoms with Gasteiger partial charge in [-0.05, 0) is 45.7 Å². The third-order valence-corrected chi connectivity index (χ3v) is 2.98. The van der Waals surface area contributed by atoms with E-state index in [9.17, 15) is 4.79 Å². The molecule has 1 atom stereocenters. The van der Waals surface area contributed by atoms with Gasteiger partial charge in [0.15, 0.2) is 0 Å². The SMILES string of the molecule is CC(C)N(CC(N)=O)CC1CCCNC1. The summed E-state index contributed by atoms with van der Waals surface area (Å²) in [5.74, 6) is 0.438. The molecular weight excluding hydrogens is 190 g/mol. The predicted molar refractivity (Wildman–Crippen MR) is 61.5 cm³/mol. The van der Waals surface area contributed by atoms with E-state index in [4.69, 9.17) is 5.73 Å². The van der Waals surface area contributed by atoms with E-state index in [-0.39, 0.29) is 5.91 Å². The number of nitrogens with zero attached hydrogens (tertiary/aromatic N) is 1. The molecule has 0 radical (unpaired) electrons. The molecule has 3 N–H and O–H groups in total. The average Bonchev–Trinajstić information content (AvgIpc) is 2.17. The second-order valence-corrected chi connectivity index (χ2v) is 4.70. The summed E-state index contributed by atoms with van der Waals surface area (Å²) in [6.45, 7) is 7.79. The molecule has 1 unspecified atom stereocenters. The monoisotopic (exact) mass is 213 g/mol. The highest BCUT2D eigenvalue weighted by atomic mass is 16.1. The number of carbonyl (C=O) groups is 1. The van der Waals surface area contributed by atoms with E-state index in [2.05, 4.69) is 24.1 Å². The Labute approximate surface area is 92.2 Å². The Balaban J connectivity index is 2.38. The highest BCUT2D eigenvalue weighted by Gasteiger charge is 2.19. The fourth-order valence-electron chi connectivity index (χ4n) is 2.07. The molecule has 0 aliphatic carbocycles. The van der Waals surface area contributed by atoms with Crippen LogP contribution in [-0.4, -0.2) is 43.0 Å². The van der Waals surface area contributed by atoms with Gasteiger partial charge in [0.2, 0.25) is 5.91 Å². The Hall–Kier alpha value is -0.610. The zero-order valence-electron chi connectivity index (χ0n) is 9.83. The van der Waals surface area contributed by atoms with Crippen LogP contribution in [-0.2, 0) is 4.79 Å². The van der Waals surface area contributed by atoms with E-state index in [1.807, 2.05) is 0 Å². The number of rotatable bonds is 5. The Bertz CT molecular complexity index is 200. The summed E-state index contributed by atoms with van der Waals surface area (Å²) < 4.78 is 0. The van der Waals surface area contributed by atoms with Crippen LogP contribution in [0.2, 0.25) is 0 Å². The largest absolute Gasteiger partial charge is 0.369 e. The lowest BCUT2D eigenvalue weighted by Gasteiger charge is -2.31. The van der Waals surface area contributed by atoms with E-state index in [1.54, 1.807) is 0 Å². The summed E-state index contributed by atoms with van der Waals surface area (Å²) in [5, 5.41) is 3.39. The highest BCUT2D eigenvalue weighted by Crippen LogP contribution is 2.13. The lowest BCUT2D eigenvalue weighted by molar-refractivity contribution is -0.119. The van der Waals surface area contributed by atoms with Crippen LogP contribution in [0.15, 0.2) is 0 Å². The van der Waals surface area contributed by atoms with Crippen LogP contribution in [0.5, 0.6) is 0 Å². The van der Waals surface area contributed by atoms with Crippen molar-refractivity contribution in [2.75, 3.05) is 26.2 Å². The smallest absolute Gasteiger partial charge is 0.231 e. The zero-order valence-corrected chi connectivity index (χ0v) is 9.83. The molecule has 1 saturated heterocycles. The average molecular weight is 213 g/mol. The molecule has 1 aliphatic rings. The molecule has 1 rings (SSSR count). The Morgan fingerprint density at radius 1 is 1.60 bits per heavy atom. The van der Waals surface area contributed by atoms with Gasteiger partial charge < -0.3 is 11.1 Å². The van der Waals surface area contributed by atoms with Crippen LogP contribution in [0, 0.1) is 5.92 Å². The standard InChI is InChI=1S/C11H23N3O/c1-9(2)14(8-11(12)15)7-10-4-3-5-13-6-10/h9-10,13H,3-8H2,1-2H3,(H2,12,15). The molecule has 1 aliphatic heterocycles. The molecule has 0 aromatic heterocycles. The number of primary amides is 1. The lowest BCUT2D eigenvalue weighted by atomic mass is 9.98. The number of nitrogens with one attached hydrogen (secondary N) is 1. The summed E-state index contributed by atoms with van der Waals surface area (Å²) in [4.78, 5) is 13.1. The van der Waals surface area contributed by atoms with Crippen molar-refractivity contribution >= 4 is 5.91 Å². The summed E-state index contributed by atoms with van der Waals surface area (Å²) >= 11 is 0. The van der Waals surface area contributed by atoms with Gasteiger partial charge in [-0.3, -0.25) is 9.69 Å². The van der Waals surface area contributed by atoms with E-state index in [0.717, 1.165) is 19.6 Å². The molecule has 0 bridgehead atoms. The maximum Gasteiger partial charge on any atom is 0.231 e. The van der Waals surface area contributed by atoms with Crippen molar-refractivity contribution in [3.63, 3.8) is 0 Å². The van der Waals surface area contributed by atoms with E-state index < -0.39 is 0 Å². The van der Waals surface area contributed by atoms with Gasteiger partial charge in [0.1, 0.15) is 0 Å². The fourth-order valence-corrected chi connectivity index (χ4v) is 2.07. The number of amides is 1. The second kappa shape index (κ2) is 6.08. The van der Waals surface area contributed by atoms with Crippen LogP contribution in [0.25, 0.3) is 0 Å². The van der Waals surface area contributed by atoms with Crippen molar-refractivity contribution in [2.24, 2.45) is 11.7 Å². The minimum Gasteiger partial charge on any atom is -0.369 e. The van der Waals surface area contributed by atoms with Crippen LogP contribution in [0.3, 0.4) is 0 Å². The van der Waals surface area contributed by atoms with Gasteiger partial charge in [0.25, 0.3) is 0 Å². The van der Waals surface area contributed by atoms with Crippen molar-refractivity contribution < 1.29 is 4.79 Å². The van der Waals surface area contributed by atoms with Gasteiger partial charge in [-0.1, -0.05) is 0 Å². The Morgan fingerprint density at radius 2 is 2.33 bits per heavy atom. The molecule has 4 nitrogen and oxygen atoms in total. The molecule has 15 heavy (non-hydrogen) atoms. The summed E-state index contributed by atoms with van der Waals surface area (Å²) in [5.41, 5.74) is 5.24. The van der Waals surface area contributed by atoms with Crippen LogP contribution in [0.4, 0.5) is 0 Å². The Morgan fingerprint density at radius 3 is 2.80 bits per heavy atom. The maximum absolute atomic E-state index is 10.9. The van der Waals surface area contributed by atoms with Gasteiger partial charge in [-0.25, -0.2) is 0 Å². The first-order valence-corrected chi connectivity index (χ1v) is 5.82. The summed E-state index contributed by atoms with van der Waals surface area (Å²) in [6.07, 6.45) is 2.50. The minimum absolute atomic E-state index is 0.229. The number of hydrogen-bond donors (Lipinski definition) is 2. The predicted octanol–water partition coefficient (Wildman–Crippen LogP) is 0.182. The molecular formula is C11H23N3O. The molecule has 0 aromatic carbocycles. The number of nitrogens with two attached hydrogens (primary N) is 1. The van der Waals surface area contributed by atoms with E-state index in [0.29, 0.717) is 18.5 Å². The normalized spacial score (nSPS) is 22.3. The molecule has 88 valence electrons. The van der Waals surface area contributed by atoms with Gasteiger partial charge in [0.05, 0.1) is 6.54 Å². The van der Waals surface area contributed by atoms with E-state index in [1.165, 1.54) is 12.8 Å². The van der Waals surface area contributed by atoms with Gasteiger partial charge in [-0.15, -0.1) is 0 Å². The third kappa shape index (κ3) is 4.62. The van der Waals surface area contributed by atoms with Gasteiger partial charge in [-0.2, -0.15) is 0 Å². The van der Waals surface area contributed by atoms with Crippen molar-refractivity contribution in [1.29, 1.82) is 0 Å². The summed E-state index contributed by atoms with van der Waals surface area (Å²) in [6, 6.07) is 0.388. The molecule has 0 saturated carbocycles. The van der Waals surface area contributed by atoms with E-state index >= 15 is 0 Å². The Kier molecular flexibility index (Phi) is 5.05. The van der Waals surface area contributed by atoms with Crippen molar-refractivity contribution in [3.05, 3.63) is 0 Å². The number of carbonyl (C=O) groups excluding carboxylic acids is 1. The molecule has 0 aromatic rings. The quantitative estimate of drug-likeness (QED) is 0.685. The first-order valence-electron chi connectivity index (χ1n) is 5.82. The highest BCUT2D eigenvalue weighted by molar-refractivity contribution is 5.75. The van der Waals surface area contributed by atoms with Crippen molar-refractivity contribution in [3.8, 4) is 0 Å². The first kappa shape index (κ1) is 12.5. The van der Waals surface area contributed by atoms with Crippen LogP contribution < -0.4 is 11.1 Å².